The van der Waals surface area contributed by atoms with Crippen LogP contribution in [0.2, 0.25) is 5.02 Å². The smallest absolute Gasteiger partial charge is 0.182 e. The van der Waals surface area contributed by atoms with Crippen LogP contribution < -0.4 is 0 Å². The minimum atomic E-state index is -0.155. The maximum absolute atomic E-state index is 8.80. The molecule has 72 valence electrons. The van der Waals surface area contributed by atoms with E-state index in [9.17, 15) is 0 Å². The van der Waals surface area contributed by atoms with Crippen molar-refractivity contribution in [2.75, 3.05) is 0 Å². The van der Waals surface area contributed by atoms with Crippen LogP contribution in [0.3, 0.4) is 0 Å². The van der Waals surface area contributed by atoms with Crippen LogP contribution in [0.5, 0.6) is 0 Å². The Morgan fingerprint density at radius 2 is 2.14 bits per heavy atom. The lowest BCUT2D eigenvalue weighted by atomic mass is 10.2. The summed E-state index contributed by atoms with van der Waals surface area (Å²) < 4.78 is 0. The fourth-order valence-corrected chi connectivity index (χ4v) is 1.35. The molecule has 0 aliphatic heterocycles. The Morgan fingerprint density at radius 1 is 1.36 bits per heavy atom. The summed E-state index contributed by atoms with van der Waals surface area (Å²) in [6.07, 6.45) is 0. The van der Waals surface area contributed by atoms with Crippen molar-refractivity contribution in [3.8, 4) is 11.4 Å². The lowest BCUT2D eigenvalue weighted by molar-refractivity contribution is 0.272. The third kappa shape index (κ3) is 1.62. The summed E-state index contributed by atoms with van der Waals surface area (Å²) in [5.74, 6) is 0.930. The molecule has 2 aromatic rings. The van der Waals surface area contributed by atoms with Crippen LogP contribution >= 0.6 is 11.6 Å². The van der Waals surface area contributed by atoms with E-state index >= 15 is 0 Å². The molecule has 0 atom stereocenters. The fraction of sp³-hybridized carbons (Fsp3) is 0.111. The average Bonchev–Trinajstić information content (AvgIpc) is 2.67. The molecule has 0 saturated heterocycles. The molecule has 0 unspecified atom stereocenters. The summed E-state index contributed by atoms with van der Waals surface area (Å²) in [6, 6.07) is 7.29. The lowest BCUT2D eigenvalue weighted by Crippen LogP contribution is -1.85. The van der Waals surface area contributed by atoms with E-state index in [1.807, 2.05) is 18.2 Å². The van der Waals surface area contributed by atoms with E-state index in [1.165, 1.54) is 0 Å². The standard InChI is InChI=1S/C9H8ClN3O/c10-7-4-2-1-3-6(7)9-11-8(5-14)12-13-9/h1-4,14H,5H2,(H,11,12,13). The van der Waals surface area contributed by atoms with Crippen LogP contribution in [-0.4, -0.2) is 20.3 Å². The van der Waals surface area contributed by atoms with Gasteiger partial charge in [-0.3, -0.25) is 5.10 Å². The highest BCUT2D eigenvalue weighted by Crippen LogP contribution is 2.23. The third-order valence-corrected chi connectivity index (χ3v) is 2.13. The molecule has 1 heterocycles. The molecular formula is C9H8ClN3O. The number of hydrogen-bond acceptors (Lipinski definition) is 3. The van der Waals surface area contributed by atoms with Gasteiger partial charge in [-0.05, 0) is 12.1 Å². The minimum Gasteiger partial charge on any atom is -0.388 e. The molecule has 0 radical (unpaired) electrons. The van der Waals surface area contributed by atoms with Crippen molar-refractivity contribution in [2.45, 2.75) is 6.61 Å². The molecule has 0 amide bonds. The van der Waals surface area contributed by atoms with Crippen LogP contribution in [0.1, 0.15) is 5.82 Å². The van der Waals surface area contributed by atoms with Gasteiger partial charge in [0.1, 0.15) is 6.61 Å². The Labute approximate surface area is 85.6 Å². The molecule has 0 aliphatic rings. The first-order chi connectivity index (χ1) is 6.81. The molecule has 4 nitrogen and oxygen atoms in total. The highest BCUT2D eigenvalue weighted by molar-refractivity contribution is 6.33. The summed E-state index contributed by atoms with van der Waals surface area (Å²) in [7, 11) is 0. The van der Waals surface area contributed by atoms with Crippen LogP contribution in [-0.2, 0) is 6.61 Å². The van der Waals surface area contributed by atoms with Gasteiger partial charge >= 0.3 is 0 Å². The van der Waals surface area contributed by atoms with E-state index < -0.39 is 0 Å². The molecule has 1 aromatic carbocycles. The lowest BCUT2D eigenvalue weighted by Gasteiger charge is -1.96. The number of halogens is 1. The molecule has 0 fully saturated rings. The zero-order valence-corrected chi connectivity index (χ0v) is 7.99. The van der Waals surface area contributed by atoms with E-state index in [-0.39, 0.29) is 6.61 Å². The van der Waals surface area contributed by atoms with Crippen molar-refractivity contribution < 1.29 is 5.11 Å². The summed E-state index contributed by atoms with van der Waals surface area (Å²) >= 11 is 5.95. The predicted molar refractivity (Wildman–Crippen MR) is 52.8 cm³/mol. The first kappa shape index (κ1) is 9.18. The summed E-state index contributed by atoms with van der Waals surface area (Å²) in [6.45, 7) is -0.155. The number of nitrogens with zero attached hydrogens (tertiary/aromatic N) is 2. The molecule has 5 heteroatoms. The van der Waals surface area contributed by atoms with Crippen molar-refractivity contribution in [1.82, 2.24) is 15.2 Å². The number of aliphatic hydroxyl groups is 1. The van der Waals surface area contributed by atoms with Gasteiger partial charge in [0, 0.05) is 5.56 Å². The Hall–Kier alpha value is -1.39. The summed E-state index contributed by atoms with van der Waals surface area (Å²) in [4.78, 5) is 4.06. The molecule has 0 spiro atoms. The summed E-state index contributed by atoms with van der Waals surface area (Å²) in [5.41, 5.74) is 0.755. The first-order valence-corrected chi connectivity index (χ1v) is 4.46. The van der Waals surface area contributed by atoms with Gasteiger partial charge in [0.05, 0.1) is 5.02 Å². The quantitative estimate of drug-likeness (QED) is 0.790. The number of benzene rings is 1. The fourth-order valence-electron chi connectivity index (χ4n) is 1.13. The molecule has 2 rings (SSSR count). The van der Waals surface area contributed by atoms with Crippen LogP contribution in [0.4, 0.5) is 0 Å². The second kappa shape index (κ2) is 3.77. The first-order valence-electron chi connectivity index (χ1n) is 4.08. The largest absolute Gasteiger partial charge is 0.388 e. The van der Waals surface area contributed by atoms with Gasteiger partial charge in [0.25, 0.3) is 0 Å². The number of aromatic nitrogens is 3. The van der Waals surface area contributed by atoms with Gasteiger partial charge in [-0.1, -0.05) is 23.7 Å². The number of aliphatic hydroxyl groups excluding tert-OH is 1. The molecule has 0 aliphatic carbocycles. The molecule has 0 bridgehead atoms. The molecule has 1 aromatic heterocycles. The molecule has 2 N–H and O–H groups in total. The van der Waals surface area contributed by atoms with Gasteiger partial charge < -0.3 is 5.11 Å². The third-order valence-electron chi connectivity index (χ3n) is 1.80. The minimum absolute atomic E-state index is 0.155. The summed E-state index contributed by atoms with van der Waals surface area (Å²) in [5, 5.41) is 15.9. The van der Waals surface area contributed by atoms with E-state index in [2.05, 4.69) is 15.2 Å². The zero-order valence-electron chi connectivity index (χ0n) is 7.24. The van der Waals surface area contributed by atoms with Gasteiger partial charge in [0.2, 0.25) is 0 Å². The molecule has 0 saturated carbocycles. The van der Waals surface area contributed by atoms with E-state index in [0.717, 1.165) is 5.56 Å². The monoisotopic (exact) mass is 209 g/mol. The number of H-pyrrole nitrogens is 1. The van der Waals surface area contributed by atoms with E-state index in [0.29, 0.717) is 16.7 Å². The van der Waals surface area contributed by atoms with Crippen molar-refractivity contribution in [3.63, 3.8) is 0 Å². The SMILES string of the molecule is OCc1nc(-c2ccccc2Cl)n[nH]1. The van der Waals surface area contributed by atoms with Gasteiger partial charge in [-0.25, -0.2) is 4.98 Å². The highest BCUT2D eigenvalue weighted by atomic mass is 35.5. The topological polar surface area (TPSA) is 61.8 Å². The highest BCUT2D eigenvalue weighted by Gasteiger charge is 2.07. The zero-order chi connectivity index (χ0) is 9.97. The van der Waals surface area contributed by atoms with Gasteiger partial charge in [-0.15, -0.1) is 0 Å². The number of nitrogens with one attached hydrogen (secondary N) is 1. The second-order valence-corrected chi connectivity index (χ2v) is 3.15. The average molecular weight is 210 g/mol. The van der Waals surface area contributed by atoms with Gasteiger partial charge in [0.15, 0.2) is 11.6 Å². The number of aromatic amines is 1. The van der Waals surface area contributed by atoms with E-state index in [1.54, 1.807) is 6.07 Å². The van der Waals surface area contributed by atoms with Gasteiger partial charge in [-0.2, -0.15) is 5.10 Å². The van der Waals surface area contributed by atoms with E-state index in [4.69, 9.17) is 16.7 Å². The van der Waals surface area contributed by atoms with Crippen molar-refractivity contribution in [2.24, 2.45) is 0 Å². The van der Waals surface area contributed by atoms with Crippen LogP contribution in [0.25, 0.3) is 11.4 Å². The maximum atomic E-state index is 8.80. The number of rotatable bonds is 2. The Morgan fingerprint density at radius 3 is 2.79 bits per heavy atom. The second-order valence-electron chi connectivity index (χ2n) is 2.74. The van der Waals surface area contributed by atoms with Crippen LogP contribution in [0, 0.1) is 0 Å². The normalized spacial score (nSPS) is 10.4. The molecular weight excluding hydrogens is 202 g/mol. The molecule has 14 heavy (non-hydrogen) atoms. The van der Waals surface area contributed by atoms with Crippen molar-refractivity contribution in [1.29, 1.82) is 0 Å². The maximum Gasteiger partial charge on any atom is 0.182 e. The van der Waals surface area contributed by atoms with Crippen molar-refractivity contribution in [3.05, 3.63) is 35.1 Å². The Balaban J connectivity index is 2.44. The number of hydrogen-bond donors (Lipinski definition) is 2. The Bertz CT molecular complexity index is 441. The Kier molecular flexibility index (Phi) is 2.47. The predicted octanol–water partition coefficient (Wildman–Crippen LogP) is 1.62. The van der Waals surface area contributed by atoms with Crippen LogP contribution in [0.15, 0.2) is 24.3 Å². The van der Waals surface area contributed by atoms with Crippen molar-refractivity contribution >= 4 is 11.6 Å².